The molecule has 0 spiro atoms. The van der Waals surface area contributed by atoms with E-state index in [9.17, 15) is 0 Å². The van der Waals surface area contributed by atoms with Crippen LogP contribution in [0.15, 0.2) is 0 Å². The second-order valence-electron chi connectivity index (χ2n) is 6.09. The van der Waals surface area contributed by atoms with E-state index in [0.29, 0.717) is 11.8 Å². The van der Waals surface area contributed by atoms with E-state index in [2.05, 4.69) is 34.6 Å². The number of rotatable bonds is 12. The maximum Gasteiger partial charge on any atom is 0.157 e. The van der Waals surface area contributed by atoms with Crippen molar-refractivity contribution in [3.8, 4) is 0 Å². The summed E-state index contributed by atoms with van der Waals surface area (Å²) in [6.45, 7) is 12.6. The fourth-order valence-electron chi connectivity index (χ4n) is 1.73. The quantitative estimate of drug-likeness (QED) is 0.361. The Labute approximate surface area is 114 Å². The van der Waals surface area contributed by atoms with Gasteiger partial charge in [-0.25, -0.2) is 0 Å². The van der Waals surface area contributed by atoms with Gasteiger partial charge in [0.05, 0.1) is 13.2 Å². The summed E-state index contributed by atoms with van der Waals surface area (Å²) >= 11 is 0. The van der Waals surface area contributed by atoms with Crippen LogP contribution in [0.4, 0.5) is 0 Å². The summed E-state index contributed by atoms with van der Waals surface area (Å²) in [4.78, 5) is 0. The highest BCUT2D eigenvalue weighted by Gasteiger charge is 2.11. The number of unbranched alkanes of at least 4 members (excludes halogenated alkanes) is 4. The first-order chi connectivity index (χ1) is 8.56. The Morgan fingerprint density at radius 1 is 0.722 bits per heavy atom. The van der Waals surface area contributed by atoms with Crippen LogP contribution in [0.5, 0.6) is 0 Å². The third-order valence-corrected chi connectivity index (χ3v) is 2.77. The van der Waals surface area contributed by atoms with E-state index in [4.69, 9.17) is 9.47 Å². The zero-order valence-electron chi connectivity index (χ0n) is 13.2. The third kappa shape index (κ3) is 12.4. The molecule has 0 radical (unpaired) electrons. The predicted octanol–water partition coefficient (Wildman–Crippen LogP) is 5.02. The molecule has 0 saturated carbocycles. The van der Waals surface area contributed by atoms with Crippen molar-refractivity contribution in [3.05, 3.63) is 0 Å². The van der Waals surface area contributed by atoms with Gasteiger partial charge in [0.15, 0.2) is 6.29 Å². The molecule has 0 aliphatic carbocycles. The first-order valence-corrected chi connectivity index (χ1v) is 7.79. The lowest BCUT2D eigenvalue weighted by Crippen LogP contribution is -2.22. The molecule has 0 heterocycles. The van der Waals surface area contributed by atoms with Crippen LogP contribution in [0.2, 0.25) is 0 Å². The number of ether oxygens (including phenoxy) is 2. The van der Waals surface area contributed by atoms with Gasteiger partial charge in [0, 0.05) is 0 Å². The molecule has 0 bridgehead atoms. The Morgan fingerprint density at radius 2 is 1.22 bits per heavy atom. The maximum absolute atomic E-state index is 5.84. The molecule has 0 saturated heterocycles. The van der Waals surface area contributed by atoms with E-state index >= 15 is 0 Å². The van der Waals surface area contributed by atoms with Gasteiger partial charge >= 0.3 is 0 Å². The topological polar surface area (TPSA) is 18.5 Å². The van der Waals surface area contributed by atoms with Gasteiger partial charge in [-0.15, -0.1) is 0 Å². The molecule has 18 heavy (non-hydrogen) atoms. The molecule has 0 aliphatic heterocycles. The molecule has 110 valence electrons. The number of hydrogen-bond acceptors (Lipinski definition) is 2. The predicted molar refractivity (Wildman–Crippen MR) is 78.7 cm³/mol. The van der Waals surface area contributed by atoms with Crippen LogP contribution in [0.25, 0.3) is 0 Å². The molecule has 0 unspecified atom stereocenters. The van der Waals surface area contributed by atoms with Crippen LogP contribution in [0.1, 0.15) is 73.1 Å². The highest BCUT2D eigenvalue weighted by Crippen LogP contribution is 2.12. The molecule has 2 heteroatoms. The van der Waals surface area contributed by atoms with Crippen LogP contribution in [0, 0.1) is 11.8 Å². The van der Waals surface area contributed by atoms with Crippen molar-refractivity contribution in [2.24, 2.45) is 11.8 Å². The fourth-order valence-corrected chi connectivity index (χ4v) is 1.73. The first kappa shape index (κ1) is 17.9. The highest BCUT2D eigenvalue weighted by molar-refractivity contribution is 4.52. The van der Waals surface area contributed by atoms with Crippen molar-refractivity contribution in [1.82, 2.24) is 0 Å². The molecular formula is C16H34O2. The van der Waals surface area contributed by atoms with Gasteiger partial charge in [-0.3, -0.25) is 0 Å². The molecule has 0 N–H and O–H groups in total. The molecule has 2 nitrogen and oxygen atoms in total. The van der Waals surface area contributed by atoms with Crippen molar-refractivity contribution in [1.29, 1.82) is 0 Å². The smallest absolute Gasteiger partial charge is 0.157 e. The zero-order chi connectivity index (χ0) is 13.8. The molecule has 0 aliphatic rings. The average Bonchev–Trinajstić information content (AvgIpc) is 2.30. The van der Waals surface area contributed by atoms with Crippen molar-refractivity contribution in [2.45, 2.75) is 79.4 Å². The van der Waals surface area contributed by atoms with Crippen LogP contribution in [-0.4, -0.2) is 19.5 Å². The monoisotopic (exact) mass is 258 g/mol. The lowest BCUT2D eigenvalue weighted by molar-refractivity contribution is -0.157. The lowest BCUT2D eigenvalue weighted by Gasteiger charge is -2.21. The average molecular weight is 258 g/mol. The summed E-state index contributed by atoms with van der Waals surface area (Å²) in [5, 5.41) is 0. The molecule has 0 rings (SSSR count). The highest BCUT2D eigenvalue weighted by atomic mass is 16.7. The maximum atomic E-state index is 5.84. The summed E-state index contributed by atoms with van der Waals surface area (Å²) in [5.74, 6) is 1.16. The van der Waals surface area contributed by atoms with Crippen LogP contribution in [-0.2, 0) is 9.47 Å². The molecule has 0 aromatic carbocycles. The molecule has 0 aromatic rings. The van der Waals surface area contributed by atoms with Crippen LogP contribution in [0.3, 0.4) is 0 Å². The summed E-state index contributed by atoms with van der Waals surface area (Å²) < 4.78 is 11.7. The van der Waals surface area contributed by atoms with E-state index in [-0.39, 0.29) is 6.29 Å². The molecule has 0 atom stereocenters. The van der Waals surface area contributed by atoms with Crippen LogP contribution >= 0.6 is 0 Å². The van der Waals surface area contributed by atoms with Gasteiger partial charge in [-0.1, -0.05) is 60.3 Å². The van der Waals surface area contributed by atoms with Crippen molar-refractivity contribution in [3.63, 3.8) is 0 Å². The molecule has 0 aromatic heterocycles. The van der Waals surface area contributed by atoms with Crippen molar-refractivity contribution >= 4 is 0 Å². The SMILES string of the molecule is CCCCCCCC(OCC(C)C)OCC(C)C. The third-order valence-electron chi connectivity index (χ3n) is 2.77. The lowest BCUT2D eigenvalue weighted by atomic mass is 10.1. The van der Waals surface area contributed by atoms with Gasteiger partial charge in [-0.05, 0) is 24.7 Å². The van der Waals surface area contributed by atoms with E-state index in [0.717, 1.165) is 19.6 Å². The Bertz CT molecular complexity index is 154. The van der Waals surface area contributed by atoms with Crippen molar-refractivity contribution < 1.29 is 9.47 Å². The van der Waals surface area contributed by atoms with Crippen LogP contribution < -0.4 is 0 Å². The fraction of sp³-hybridized carbons (Fsp3) is 1.00. The Balaban J connectivity index is 3.74. The van der Waals surface area contributed by atoms with Gasteiger partial charge in [0.25, 0.3) is 0 Å². The van der Waals surface area contributed by atoms with Gasteiger partial charge in [-0.2, -0.15) is 0 Å². The minimum Gasteiger partial charge on any atom is -0.352 e. The van der Waals surface area contributed by atoms with Gasteiger partial charge in [0.1, 0.15) is 0 Å². The molecule has 0 fully saturated rings. The van der Waals surface area contributed by atoms with E-state index in [1.54, 1.807) is 0 Å². The zero-order valence-corrected chi connectivity index (χ0v) is 13.2. The Hall–Kier alpha value is -0.0800. The summed E-state index contributed by atoms with van der Waals surface area (Å²) in [7, 11) is 0. The van der Waals surface area contributed by atoms with Gasteiger partial charge in [0.2, 0.25) is 0 Å². The van der Waals surface area contributed by atoms with E-state index < -0.39 is 0 Å². The summed E-state index contributed by atoms with van der Waals surface area (Å²) in [6.07, 6.45) is 7.58. The normalized spacial score (nSPS) is 12.0. The Morgan fingerprint density at radius 3 is 1.67 bits per heavy atom. The first-order valence-electron chi connectivity index (χ1n) is 7.79. The molecular weight excluding hydrogens is 224 g/mol. The second kappa shape index (κ2) is 12.0. The standard InChI is InChI=1S/C16H34O2/c1-6-7-8-9-10-11-16(17-12-14(2)3)18-13-15(4)5/h14-16H,6-13H2,1-5H3. The molecule has 0 amide bonds. The van der Waals surface area contributed by atoms with Crippen molar-refractivity contribution in [2.75, 3.05) is 13.2 Å². The summed E-state index contributed by atoms with van der Waals surface area (Å²) in [5.41, 5.74) is 0. The second-order valence-corrected chi connectivity index (χ2v) is 6.09. The van der Waals surface area contributed by atoms with E-state index in [1.165, 1.54) is 32.1 Å². The minimum atomic E-state index is 0.0106. The Kier molecular flexibility index (Phi) is 11.9. The largest absolute Gasteiger partial charge is 0.352 e. The minimum absolute atomic E-state index is 0.0106. The van der Waals surface area contributed by atoms with Gasteiger partial charge < -0.3 is 9.47 Å². The number of hydrogen-bond donors (Lipinski definition) is 0. The summed E-state index contributed by atoms with van der Waals surface area (Å²) in [6, 6.07) is 0. The van der Waals surface area contributed by atoms with E-state index in [1.807, 2.05) is 0 Å².